The Morgan fingerprint density at radius 1 is 0.967 bits per heavy atom. The van der Waals surface area contributed by atoms with Crippen LogP contribution in [-0.4, -0.2) is 22.0 Å². The summed E-state index contributed by atoms with van der Waals surface area (Å²) in [6.45, 7) is 1.58. The Bertz CT molecular complexity index is 910. The van der Waals surface area contributed by atoms with E-state index in [1.54, 1.807) is 6.92 Å². The van der Waals surface area contributed by atoms with Crippen LogP contribution in [0.25, 0.3) is 22.6 Å². The predicted molar refractivity (Wildman–Crippen MR) is 115 cm³/mol. The molecule has 0 aliphatic rings. The van der Waals surface area contributed by atoms with E-state index in [0.717, 1.165) is 30.4 Å². The lowest BCUT2D eigenvalue weighted by Crippen LogP contribution is -2.27. The first-order chi connectivity index (χ1) is 14.5. The summed E-state index contributed by atoms with van der Waals surface area (Å²) in [5.41, 5.74) is 2.47. The number of ketones is 1. The van der Waals surface area contributed by atoms with Gasteiger partial charge >= 0.3 is 6.09 Å². The average molecular weight is 406 g/mol. The molecular formula is C24H26N2O4. The summed E-state index contributed by atoms with van der Waals surface area (Å²) < 4.78 is 6.12. The van der Waals surface area contributed by atoms with Crippen LogP contribution in [-0.2, 0) is 4.79 Å². The third-order valence-corrected chi connectivity index (χ3v) is 4.84. The zero-order valence-corrected chi connectivity index (χ0v) is 17.0. The average Bonchev–Trinajstić information content (AvgIpc) is 3.19. The van der Waals surface area contributed by atoms with Crippen molar-refractivity contribution < 1.29 is 19.1 Å². The van der Waals surface area contributed by atoms with E-state index in [0.29, 0.717) is 30.2 Å². The molecule has 0 saturated carbocycles. The molecule has 2 N–H and O–H groups in total. The van der Waals surface area contributed by atoms with Crippen LogP contribution in [0.5, 0.6) is 0 Å². The normalized spacial score (nSPS) is 11.8. The van der Waals surface area contributed by atoms with Crippen LogP contribution in [0.15, 0.2) is 65.1 Å². The molecule has 3 aromatic rings. The van der Waals surface area contributed by atoms with Crippen LogP contribution in [0, 0.1) is 0 Å². The quantitative estimate of drug-likeness (QED) is 0.412. The minimum Gasteiger partial charge on any atom is -0.465 e. The molecule has 0 bridgehead atoms. The summed E-state index contributed by atoms with van der Waals surface area (Å²) in [5.74, 6) is 1.13. The zero-order valence-electron chi connectivity index (χ0n) is 17.0. The van der Waals surface area contributed by atoms with Crippen LogP contribution < -0.4 is 5.32 Å². The SMILES string of the molecule is CC(=O)CCCCCC(NC(=O)O)c1nc(-c2ccccc2)c(-c2ccccc2)o1. The molecule has 0 spiro atoms. The number of oxazole rings is 1. The maximum Gasteiger partial charge on any atom is 0.405 e. The summed E-state index contributed by atoms with van der Waals surface area (Å²) >= 11 is 0. The highest BCUT2D eigenvalue weighted by Crippen LogP contribution is 2.35. The Balaban J connectivity index is 1.88. The molecule has 1 amide bonds. The zero-order chi connectivity index (χ0) is 21.3. The van der Waals surface area contributed by atoms with Crippen molar-refractivity contribution in [3.05, 3.63) is 66.6 Å². The fourth-order valence-corrected chi connectivity index (χ4v) is 3.37. The second-order valence-corrected chi connectivity index (χ2v) is 7.27. The number of rotatable bonds is 10. The Hall–Kier alpha value is -3.41. The fourth-order valence-electron chi connectivity index (χ4n) is 3.37. The van der Waals surface area contributed by atoms with E-state index < -0.39 is 12.1 Å². The van der Waals surface area contributed by atoms with Gasteiger partial charge in [0.1, 0.15) is 17.5 Å². The number of hydrogen-bond acceptors (Lipinski definition) is 4. The highest BCUT2D eigenvalue weighted by atomic mass is 16.4. The third-order valence-electron chi connectivity index (χ3n) is 4.84. The van der Waals surface area contributed by atoms with Gasteiger partial charge in [0.2, 0.25) is 5.89 Å². The maximum atomic E-state index is 11.4. The number of hydrogen-bond donors (Lipinski definition) is 2. The van der Waals surface area contributed by atoms with E-state index in [2.05, 4.69) is 5.32 Å². The van der Waals surface area contributed by atoms with E-state index in [1.807, 2.05) is 60.7 Å². The number of unbranched alkanes of at least 4 members (excludes halogenated alkanes) is 2. The highest BCUT2D eigenvalue weighted by molar-refractivity contribution is 5.77. The van der Waals surface area contributed by atoms with Crippen LogP contribution in [0.2, 0.25) is 0 Å². The number of aromatic nitrogens is 1. The van der Waals surface area contributed by atoms with Crippen molar-refractivity contribution in [3.63, 3.8) is 0 Å². The molecule has 0 radical (unpaired) electrons. The fraction of sp³-hybridized carbons (Fsp3) is 0.292. The Labute approximate surface area is 176 Å². The largest absolute Gasteiger partial charge is 0.465 e. The molecule has 6 heteroatoms. The Morgan fingerprint density at radius 3 is 2.20 bits per heavy atom. The molecule has 1 aromatic heterocycles. The van der Waals surface area contributed by atoms with Gasteiger partial charge in [-0.05, 0) is 19.8 Å². The molecule has 3 rings (SSSR count). The van der Waals surface area contributed by atoms with Gasteiger partial charge in [0, 0.05) is 17.5 Å². The summed E-state index contributed by atoms with van der Waals surface area (Å²) in [6, 6.07) is 18.8. The minimum absolute atomic E-state index is 0.169. The van der Waals surface area contributed by atoms with Crippen molar-refractivity contribution in [1.29, 1.82) is 0 Å². The topological polar surface area (TPSA) is 92.4 Å². The van der Waals surface area contributed by atoms with E-state index in [1.165, 1.54) is 0 Å². The lowest BCUT2D eigenvalue weighted by atomic mass is 10.1. The van der Waals surface area contributed by atoms with Gasteiger partial charge in [0.05, 0.1) is 0 Å². The summed E-state index contributed by atoms with van der Waals surface area (Å²) in [5, 5.41) is 11.8. The molecule has 6 nitrogen and oxygen atoms in total. The van der Waals surface area contributed by atoms with Gasteiger partial charge in [-0.1, -0.05) is 73.5 Å². The van der Waals surface area contributed by atoms with Gasteiger partial charge in [-0.3, -0.25) is 0 Å². The molecule has 0 aliphatic heterocycles. The molecule has 1 atom stereocenters. The molecule has 156 valence electrons. The molecular weight excluding hydrogens is 380 g/mol. The van der Waals surface area contributed by atoms with Gasteiger partial charge in [0.15, 0.2) is 5.76 Å². The van der Waals surface area contributed by atoms with Gasteiger partial charge in [-0.2, -0.15) is 0 Å². The van der Waals surface area contributed by atoms with E-state index >= 15 is 0 Å². The summed E-state index contributed by atoms with van der Waals surface area (Å²) in [6.07, 6.45) is 2.38. The first-order valence-electron chi connectivity index (χ1n) is 10.1. The van der Waals surface area contributed by atoms with Crippen LogP contribution in [0.3, 0.4) is 0 Å². The van der Waals surface area contributed by atoms with E-state index in [4.69, 9.17) is 9.40 Å². The van der Waals surface area contributed by atoms with Crippen molar-refractivity contribution in [2.75, 3.05) is 0 Å². The Kier molecular flexibility index (Phi) is 7.38. The van der Waals surface area contributed by atoms with Crippen molar-refractivity contribution in [3.8, 4) is 22.6 Å². The van der Waals surface area contributed by atoms with Crippen molar-refractivity contribution in [2.24, 2.45) is 0 Å². The van der Waals surface area contributed by atoms with Crippen LogP contribution >= 0.6 is 0 Å². The predicted octanol–water partition coefficient (Wildman–Crippen LogP) is 5.86. The van der Waals surface area contributed by atoms with Gasteiger partial charge < -0.3 is 19.6 Å². The number of benzene rings is 2. The molecule has 0 saturated heterocycles. The monoisotopic (exact) mass is 406 g/mol. The van der Waals surface area contributed by atoms with Gasteiger partial charge in [-0.25, -0.2) is 9.78 Å². The Morgan fingerprint density at radius 2 is 1.60 bits per heavy atom. The number of carbonyl (C=O) groups is 2. The maximum absolute atomic E-state index is 11.4. The number of carbonyl (C=O) groups excluding carboxylic acids is 1. The van der Waals surface area contributed by atoms with Crippen molar-refractivity contribution >= 4 is 11.9 Å². The van der Waals surface area contributed by atoms with E-state index in [9.17, 15) is 14.7 Å². The first kappa shape index (κ1) is 21.3. The molecule has 0 aliphatic carbocycles. The van der Waals surface area contributed by atoms with Gasteiger partial charge in [-0.15, -0.1) is 0 Å². The summed E-state index contributed by atoms with van der Waals surface area (Å²) in [7, 11) is 0. The molecule has 1 unspecified atom stereocenters. The van der Waals surface area contributed by atoms with Crippen LogP contribution in [0.1, 0.15) is 51.0 Å². The molecule has 2 aromatic carbocycles. The third kappa shape index (κ3) is 5.80. The standard InChI is InChI=1S/C24H26N2O4/c1-17(27)11-5-2-10-16-20(25-24(28)29)23-26-21(18-12-6-3-7-13-18)22(30-23)19-14-8-4-9-15-19/h3-4,6-9,12-15,20,25H,2,5,10-11,16H2,1H3,(H,28,29). The number of nitrogens with one attached hydrogen (secondary N) is 1. The molecule has 1 heterocycles. The van der Waals surface area contributed by atoms with Crippen molar-refractivity contribution in [2.45, 2.75) is 45.1 Å². The number of carboxylic acid groups (broad SMARTS) is 1. The smallest absolute Gasteiger partial charge is 0.405 e. The number of amides is 1. The second kappa shape index (κ2) is 10.4. The number of Topliss-reactive ketones (excluding diaryl/α,β-unsaturated/α-hetero) is 1. The van der Waals surface area contributed by atoms with Crippen molar-refractivity contribution in [1.82, 2.24) is 10.3 Å². The van der Waals surface area contributed by atoms with Crippen LogP contribution in [0.4, 0.5) is 4.79 Å². The summed E-state index contributed by atoms with van der Waals surface area (Å²) in [4.78, 5) is 27.2. The van der Waals surface area contributed by atoms with E-state index in [-0.39, 0.29) is 5.78 Å². The first-order valence-corrected chi connectivity index (χ1v) is 10.1. The number of nitrogens with zero attached hydrogens (tertiary/aromatic N) is 1. The lowest BCUT2D eigenvalue weighted by Gasteiger charge is -2.13. The minimum atomic E-state index is -1.12. The van der Waals surface area contributed by atoms with Gasteiger partial charge in [0.25, 0.3) is 0 Å². The lowest BCUT2D eigenvalue weighted by molar-refractivity contribution is -0.117. The molecule has 30 heavy (non-hydrogen) atoms. The molecule has 0 fully saturated rings. The second-order valence-electron chi connectivity index (χ2n) is 7.27. The highest BCUT2D eigenvalue weighted by Gasteiger charge is 2.24.